The first-order chi connectivity index (χ1) is 10.2. The lowest BCUT2D eigenvalue weighted by molar-refractivity contribution is -0.125. The van der Waals surface area contributed by atoms with Crippen molar-refractivity contribution in [3.8, 4) is 17.6 Å². The van der Waals surface area contributed by atoms with Crippen LogP contribution in [0.1, 0.15) is 18.4 Å². The molecule has 2 amide bonds. The smallest absolute Gasteiger partial charge is 0.243 e. The fraction of sp³-hybridized carbons (Fsp3) is 0.375. The Morgan fingerprint density at radius 2 is 2.24 bits per heavy atom. The molecule has 0 bridgehead atoms. The summed E-state index contributed by atoms with van der Waals surface area (Å²) in [5, 5.41) is 5.28. The highest BCUT2D eigenvalue weighted by atomic mass is 16.5. The molecular weight excluding hydrogens is 268 g/mol. The lowest BCUT2D eigenvalue weighted by Crippen LogP contribution is -2.41. The zero-order valence-corrected chi connectivity index (χ0v) is 11.9. The Hall–Kier alpha value is -2.48. The van der Waals surface area contributed by atoms with Gasteiger partial charge in [-0.05, 0) is 25.0 Å². The van der Waals surface area contributed by atoms with Crippen molar-refractivity contribution in [3.05, 3.63) is 29.8 Å². The third-order valence-electron chi connectivity index (χ3n) is 3.18. The summed E-state index contributed by atoms with van der Waals surface area (Å²) >= 11 is 0. The van der Waals surface area contributed by atoms with Crippen molar-refractivity contribution in [1.29, 1.82) is 0 Å². The van der Waals surface area contributed by atoms with Gasteiger partial charge in [0.05, 0.1) is 6.54 Å². The highest BCUT2D eigenvalue weighted by molar-refractivity contribution is 5.90. The maximum absolute atomic E-state index is 11.7. The largest absolute Gasteiger partial charge is 0.481 e. The van der Waals surface area contributed by atoms with Crippen LogP contribution in [0.15, 0.2) is 24.3 Å². The topological polar surface area (TPSA) is 67.4 Å². The maximum Gasteiger partial charge on any atom is 0.243 e. The Balaban J connectivity index is 1.66. The molecule has 110 valence electrons. The highest BCUT2D eigenvalue weighted by Crippen LogP contribution is 2.15. The molecule has 1 atom stereocenters. The number of hydrogen-bond donors (Lipinski definition) is 2. The predicted molar refractivity (Wildman–Crippen MR) is 78.6 cm³/mol. The second-order valence-electron chi connectivity index (χ2n) is 4.78. The molecule has 0 spiro atoms. The number of benzene rings is 1. The van der Waals surface area contributed by atoms with Crippen molar-refractivity contribution < 1.29 is 14.3 Å². The molecule has 0 saturated carbocycles. The van der Waals surface area contributed by atoms with Crippen LogP contribution in [0.5, 0.6) is 5.75 Å². The van der Waals surface area contributed by atoms with Crippen LogP contribution < -0.4 is 15.4 Å². The van der Waals surface area contributed by atoms with Crippen LogP contribution in [-0.4, -0.2) is 31.0 Å². The number of para-hydroxylation sites is 1. The van der Waals surface area contributed by atoms with Crippen LogP contribution in [-0.2, 0) is 9.59 Å². The molecule has 1 aliphatic rings. The van der Waals surface area contributed by atoms with E-state index in [4.69, 9.17) is 4.74 Å². The first kappa shape index (κ1) is 14.9. The molecule has 1 saturated heterocycles. The minimum atomic E-state index is -0.414. The van der Waals surface area contributed by atoms with Crippen LogP contribution in [0.25, 0.3) is 0 Å². The zero-order valence-electron chi connectivity index (χ0n) is 11.9. The van der Waals surface area contributed by atoms with Crippen molar-refractivity contribution in [3.63, 3.8) is 0 Å². The Labute approximate surface area is 124 Å². The molecule has 1 aromatic rings. The van der Waals surface area contributed by atoms with Crippen molar-refractivity contribution in [1.82, 2.24) is 10.6 Å². The molecule has 21 heavy (non-hydrogen) atoms. The van der Waals surface area contributed by atoms with Gasteiger partial charge >= 0.3 is 0 Å². The summed E-state index contributed by atoms with van der Waals surface area (Å²) in [6, 6.07) is 7.31. The Kier molecular flexibility index (Phi) is 5.22. The molecule has 0 radical (unpaired) electrons. The number of rotatable bonds is 4. The van der Waals surface area contributed by atoms with Crippen LogP contribution in [0.3, 0.4) is 0 Å². The fourth-order valence-corrected chi connectivity index (χ4v) is 2.01. The van der Waals surface area contributed by atoms with Crippen molar-refractivity contribution >= 4 is 11.8 Å². The Morgan fingerprint density at radius 1 is 1.43 bits per heavy atom. The Bertz CT molecular complexity index is 587. The van der Waals surface area contributed by atoms with E-state index in [1.807, 2.05) is 31.2 Å². The minimum Gasteiger partial charge on any atom is -0.481 e. The van der Waals surface area contributed by atoms with Gasteiger partial charge in [-0.3, -0.25) is 9.59 Å². The van der Waals surface area contributed by atoms with Gasteiger partial charge in [-0.2, -0.15) is 0 Å². The van der Waals surface area contributed by atoms with Crippen LogP contribution in [0, 0.1) is 18.8 Å². The van der Waals surface area contributed by atoms with Gasteiger partial charge in [-0.1, -0.05) is 30.0 Å². The summed E-state index contributed by atoms with van der Waals surface area (Å²) in [5.74, 6) is 6.21. The first-order valence-corrected chi connectivity index (χ1v) is 6.88. The molecule has 5 nitrogen and oxygen atoms in total. The van der Waals surface area contributed by atoms with Gasteiger partial charge in [0.15, 0.2) is 0 Å². The number of aryl methyl sites for hydroxylation is 1. The van der Waals surface area contributed by atoms with Crippen molar-refractivity contribution in [2.75, 3.05) is 13.2 Å². The van der Waals surface area contributed by atoms with E-state index in [1.54, 1.807) is 0 Å². The average molecular weight is 286 g/mol. The second kappa shape index (κ2) is 7.34. The van der Waals surface area contributed by atoms with Gasteiger partial charge in [-0.15, -0.1) is 0 Å². The number of nitrogens with one attached hydrogen (secondary N) is 2. The lowest BCUT2D eigenvalue weighted by Gasteiger charge is -2.08. The quantitative estimate of drug-likeness (QED) is 0.804. The summed E-state index contributed by atoms with van der Waals surface area (Å²) in [6.07, 6.45) is 0.961. The molecule has 1 aromatic carbocycles. The van der Waals surface area contributed by atoms with Crippen molar-refractivity contribution in [2.45, 2.75) is 25.8 Å². The standard InChI is InChI=1S/C16H18N2O3/c1-12-6-2-3-7-14(12)21-11-5-4-10-17-16(20)13-8-9-15(19)18-13/h2-3,6-7,13H,8-11H2,1H3,(H,17,20)(H,18,19). The van der Waals surface area contributed by atoms with E-state index in [0.29, 0.717) is 12.8 Å². The summed E-state index contributed by atoms with van der Waals surface area (Å²) < 4.78 is 5.51. The van der Waals surface area contributed by atoms with E-state index in [2.05, 4.69) is 22.5 Å². The monoisotopic (exact) mass is 286 g/mol. The SMILES string of the molecule is Cc1ccccc1OCC#CCNC(=O)C1CCC(=O)N1. The minimum absolute atomic E-state index is 0.0761. The van der Waals surface area contributed by atoms with Gasteiger partial charge in [0.2, 0.25) is 11.8 Å². The van der Waals surface area contributed by atoms with E-state index < -0.39 is 6.04 Å². The van der Waals surface area contributed by atoms with Gasteiger partial charge in [-0.25, -0.2) is 0 Å². The van der Waals surface area contributed by atoms with Gasteiger partial charge in [0, 0.05) is 6.42 Å². The zero-order chi connectivity index (χ0) is 15.1. The lowest BCUT2D eigenvalue weighted by atomic mass is 10.2. The number of hydrogen-bond acceptors (Lipinski definition) is 3. The molecular formula is C16H18N2O3. The normalized spacial score (nSPS) is 16.6. The molecule has 0 aromatic heterocycles. The molecule has 1 heterocycles. The van der Waals surface area contributed by atoms with Gasteiger partial charge in [0.1, 0.15) is 18.4 Å². The summed E-state index contributed by atoms with van der Waals surface area (Å²) in [5.41, 5.74) is 1.06. The highest BCUT2D eigenvalue weighted by Gasteiger charge is 2.26. The molecule has 1 unspecified atom stereocenters. The second-order valence-corrected chi connectivity index (χ2v) is 4.78. The number of amides is 2. The molecule has 5 heteroatoms. The predicted octanol–water partition coefficient (Wildman–Crippen LogP) is 0.772. The average Bonchev–Trinajstić information content (AvgIpc) is 2.91. The number of ether oxygens (including phenoxy) is 1. The third-order valence-corrected chi connectivity index (χ3v) is 3.18. The van der Waals surface area contributed by atoms with Crippen molar-refractivity contribution in [2.24, 2.45) is 0 Å². The van der Waals surface area contributed by atoms with Crippen LogP contribution >= 0.6 is 0 Å². The number of carbonyl (C=O) groups excluding carboxylic acids is 2. The van der Waals surface area contributed by atoms with Gasteiger partial charge < -0.3 is 15.4 Å². The van der Waals surface area contributed by atoms with E-state index in [1.165, 1.54) is 0 Å². The third kappa shape index (κ3) is 4.53. The van der Waals surface area contributed by atoms with E-state index in [9.17, 15) is 9.59 Å². The van der Waals surface area contributed by atoms with Gasteiger partial charge in [0.25, 0.3) is 0 Å². The van der Waals surface area contributed by atoms with Crippen LogP contribution in [0.2, 0.25) is 0 Å². The van der Waals surface area contributed by atoms with E-state index in [-0.39, 0.29) is 25.0 Å². The molecule has 2 rings (SSSR count). The van der Waals surface area contributed by atoms with E-state index in [0.717, 1.165) is 11.3 Å². The summed E-state index contributed by atoms with van der Waals surface area (Å²) in [7, 11) is 0. The van der Waals surface area contributed by atoms with E-state index >= 15 is 0 Å². The molecule has 1 aliphatic heterocycles. The summed E-state index contributed by atoms with van der Waals surface area (Å²) in [4.78, 5) is 22.7. The molecule has 0 aliphatic carbocycles. The summed E-state index contributed by atoms with van der Waals surface area (Å²) in [6.45, 7) is 2.50. The maximum atomic E-state index is 11.7. The van der Waals surface area contributed by atoms with Crippen LogP contribution in [0.4, 0.5) is 0 Å². The molecule has 1 fully saturated rings. The fourth-order valence-electron chi connectivity index (χ4n) is 2.01. The molecule has 2 N–H and O–H groups in total. The first-order valence-electron chi connectivity index (χ1n) is 6.88. The number of carbonyl (C=O) groups is 2. The Morgan fingerprint density at radius 3 is 2.95 bits per heavy atom.